The van der Waals surface area contributed by atoms with Crippen molar-refractivity contribution in [1.29, 1.82) is 0 Å². The summed E-state index contributed by atoms with van der Waals surface area (Å²) in [5, 5.41) is 0. The maximum atomic E-state index is 12.5. The van der Waals surface area contributed by atoms with Gasteiger partial charge in [-0.2, -0.15) is 8.78 Å². The number of rotatable bonds is 7. The first-order valence-corrected chi connectivity index (χ1v) is 12.2. The third kappa shape index (κ3) is 6.63. The van der Waals surface area contributed by atoms with E-state index >= 15 is 0 Å². The van der Waals surface area contributed by atoms with Gasteiger partial charge in [-0.3, -0.25) is 0 Å². The molecule has 0 aromatic heterocycles. The van der Waals surface area contributed by atoms with Gasteiger partial charge in [-0.1, -0.05) is 97.6 Å². The summed E-state index contributed by atoms with van der Waals surface area (Å²) in [7, 11) is 0. The van der Waals surface area contributed by atoms with Crippen LogP contribution in [0.5, 0.6) is 0 Å². The molecule has 2 aliphatic carbocycles. The van der Waals surface area contributed by atoms with E-state index in [-0.39, 0.29) is 5.92 Å². The van der Waals surface area contributed by atoms with Crippen LogP contribution >= 0.6 is 0 Å². The van der Waals surface area contributed by atoms with Crippen LogP contribution in [0, 0.1) is 11.8 Å². The van der Waals surface area contributed by atoms with Gasteiger partial charge in [0.15, 0.2) is 0 Å². The number of allylic oxidation sites excluding steroid dienone is 8. The first-order chi connectivity index (χ1) is 16.6. The van der Waals surface area contributed by atoms with E-state index in [2.05, 4.69) is 91.6 Å². The van der Waals surface area contributed by atoms with Gasteiger partial charge in [0.05, 0.1) is 0 Å². The van der Waals surface area contributed by atoms with E-state index in [4.69, 9.17) is 0 Å². The number of hydrogen-bond donors (Lipinski definition) is 0. The Bertz CT molecular complexity index is 1120. The molecular formula is C32H32F2. The molecule has 2 aromatic carbocycles. The van der Waals surface area contributed by atoms with Crippen molar-refractivity contribution in [2.75, 3.05) is 0 Å². The molecule has 4 rings (SSSR count). The Kier molecular flexibility index (Phi) is 8.25. The number of benzene rings is 2. The van der Waals surface area contributed by atoms with Gasteiger partial charge >= 0.3 is 0 Å². The first kappa shape index (κ1) is 23.9. The maximum absolute atomic E-state index is 12.5. The van der Waals surface area contributed by atoms with E-state index in [1.54, 1.807) is 0 Å². The summed E-state index contributed by atoms with van der Waals surface area (Å²) in [5.41, 5.74) is 7.55. The zero-order chi connectivity index (χ0) is 23.8. The molecule has 0 spiro atoms. The maximum Gasteiger partial charge on any atom is 0.266 e. The van der Waals surface area contributed by atoms with E-state index in [0.717, 1.165) is 37.3 Å². The third-order valence-corrected chi connectivity index (χ3v) is 6.82. The predicted molar refractivity (Wildman–Crippen MR) is 142 cm³/mol. The van der Waals surface area contributed by atoms with Crippen molar-refractivity contribution in [3.05, 3.63) is 120 Å². The molecule has 0 radical (unpaired) electrons. The average Bonchev–Trinajstić information content (AvgIpc) is 2.87. The Morgan fingerprint density at radius 3 is 1.65 bits per heavy atom. The van der Waals surface area contributed by atoms with E-state index in [0.29, 0.717) is 12.3 Å². The van der Waals surface area contributed by atoms with Crippen molar-refractivity contribution in [2.45, 2.75) is 38.5 Å². The summed E-state index contributed by atoms with van der Waals surface area (Å²) in [6.07, 6.45) is 20.2. The molecule has 34 heavy (non-hydrogen) atoms. The molecule has 0 heterocycles. The van der Waals surface area contributed by atoms with Gasteiger partial charge in [-0.25, -0.2) is 0 Å². The van der Waals surface area contributed by atoms with E-state index in [1.807, 2.05) is 6.08 Å². The lowest BCUT2D eigenvalue weighted by atomic mass is 9.86. The SMILES string of the molecule is C=C/C=C/C1CC=C(c2ccc(/C=C/c3ccc(C4=CCC(C=C(F)F)CC4)cc3)cc2)CC1. The van der Waals surface area contributed by atoms with Crippen LogP contribution in [0.4, 0.5) is 8.78 Å². The molecule has 2 atom stereocenters. The minimum atomic E-state index is -1.57. The molecule has 0 fully saturated rings. The Balaban J connectivity index is 1.34. The van der Waals surface area contributed by atoms with Crippen LogP contribution < -0.4 is 0 Å². The molecule has 2 aromatic rings. The fourth-order valence-electron chi connectivity index (χ4n) is 4.78. The standard InChI is InChI=1S/C32H32F2/c1-2-3-4-24-7-15-28(16-8-24)29-17-9-25(10-18-29)5-6-26-11-19-30(20-12-26)31-21-13-27(14-22-31)23-32(33)34/h2-6,9-12,15,17-21,23-24,27H,1,7-8,13-14,16,22H2/b4-3+,6-5+. The summed E-state index contributed by atoms with van der Waals surface area (Å²) in [4.78, 5) is 0. The largest absolute Gasteiger partial charge is 0.266 e. The van der Waals surface area contributed by atoms with E-state index < -0.39 is 6.08 Å². The molecule has 0 aliphatic heterocycles. The summed E-state index contributed by atoms with van der Waals surface area (Å²) < 4.78 is 24.9. The fourth-order valence-corrected chi connectivity index (χ4v) is 4.78. The fraction of sp³-hybridized carbons (Fsp3) is 0.250. The van der Waals surface area contributed by atoms with Crippen LogP contribution in [-0.4, -0.2) is 0 Å². The zero-order valence-electron chi connectivity index (χ0n) is 19.6. The molecule has 2 unspecified atom stereocenters. The van der Waals surface area contributed by atoms with Gasteiger partial charge < -0.3 is 0 Å². The average molecular weight is 455 g/mol. The highest BCUT2D eigenvalue weighted by Crippen LogP contribution is 2.33. The second-order valence-corrected chi connectivity index (χ2v) is 9.18. The second kappa shape index (κ2) is 11.7. The molecule has 0 saturated heterocycles. The topological polar surface area (TPSA) is 0 Å². The first-order valence-electron chi connectivity index (χ1n) is 12.2. The lowest BCUT2D eigenvalue weighted by Gasteiger charge is -2.19. The van der Waals surface area contributed by atoms with Crippen LogP contribution in [0.3, 0.4) is 0 Å². The molecule has 2 aliphatic rings. The highest BCUT2D eigenvalue weighted by Gasteiger charge is 2.15. The quantitative estimate of drug-likeness (QED) is 0.288. The van der Waals surface area contributed by atoms with Crippen LogP contribution in [0.1, 0.15) is 60.8 Å². The Morgan fingerprint density at radius 2 is 1.24 bits per heavy atom. The summed E-state index contributed by atoms with van der Waals surface area (Å²) in [6, 6.07) is 17.3. The normalized spacial score (nSPS) is 20.8. The van der Waals surface area contributed by atoms with E-state index in [1.165, 1.54) is 34.3 Å². The number of hydrogen-bond acceptors (Lipinski definition) is 0. The second-order valence-electron chi connectivity index (χ2n) is 9.18. The molecule has 0 nitrogen and oxygen atoms in total. The Labute approximate surface area is 202 Å². The van der Waals surface area contributed by atoms with Crippen molar-refractivity contribution in [1.82, 2.24) is 0 Å². The predicted octanol–water partition coefficient (Wildman–Crippen LogP) is 9.75. The third-order valence-electron chi connectivity index (χ3n) is 6.82. The molecule has 0 N–H and O–H groups in total. The lowest BCUT2D eigenvalue weighted by molar-refractivity contribution is 0.404. The minimum Gasteiger partial charge on any atom is -0.174 e. The van der Waals surface area contributed by atoms with Crippen molar-refractivity contribution in [3.63, 3.8) is 0 Å². The van der Waals surface area contributed by atoms with E-state index in [9.17, 15) is 8.78 Å². The van der Waals surface area contributed by atoms with Gasteiger partial charge in [0.25, 0.3) is 6.08 Å². The van der Waals surface area contributed by atoms with Crippen molar-refractivity contribution in [2.24, 2.45) is 11.8 Å². The zero-order valence-corrected chi connectivity index (χ0v) is 19.6. The van der Waals surface area contributed by atoms with Crippen LogP contribution in [0.2, 0.25) is 0 Å². The van der Waals surface area contributed by atoms with Crippen molar-refractivity contribution < 1.29 is 8.78 Å². The Morgan fingerprint density at radius 1 is 0.735 bits per heavy atom. The summed E-state index contributed by atoms with van der Waals surface area (Å²) in [6.45, 7) is 3.75. The summed E-state index contributed by atoms with van der Waals surface area (Å²) in [5.74, 6) is 0.595. The Hall–Kier alpha value is -3.26. The van der Waals surface area contributed by atoms with Gasteiger partial charge in [0.2, 0.25) is 0 Å². The van der Waals surface area contributed by atoms with Gasteiger partial charge in [0, 0.05) is 0 Å². The molecule has 174 valence electrons. The molecule has 0 bridgehead atoms. The highest BCUT2D eigenvalue weighted by molar-refractivity contribution is 5.74. The highest BCUT2D eigenvalue weighted by atomic mass is 19.3. The molecular weight excluding hydrogens is 422 g/mol. The van der Waals surface area contributed by atoms with Crippen molar-refractivity contribution in [3.8, 4) is 0 Å². The lowest BCUT2D eigenvalue weighted by Crippen LogP contribution is -2.02. The van der Waals surface area contributed by atoms with Gasteiger partial charge in [0.1, 0.15) is 0 Å². The van der Waals surface area contributed by atoms with Crippen molar-refractivity contribution >= 4 is 23.3 Å². The summed E-state index contributed by atoms with van der Waals surface area (Å²) >= 11 is 0. The molecule has 2 heteroatoms. The van der Waals surface area contributed by atoms with Crippen LogP contribution in [0.25, 0.3) is 23.3 Å². The minimum absolute atomic E-state index is 0.0341. The van der Waals surface area contributed by atoms with Gasteiger partial charge in [-0.15, -0.1) is 0 Å². The van der Waals surface area contributed by atoms with Crippen LogP contribution in [0.15, 0.2) is 97.6 Å². The smallest absolute Gasteiger partial charge is 0.174 e. The van der Waals surface area contributed by atoms with Crippen LogP contribution in [-0.2, 0) is 0 Å². The number of halogens is 2. The van der Waals surface area contributed by atoms with Gasteiger partial charge in [-0.05, 0) is 89.8 Å². The molecule has 0 saturated carbocycles. The molecule has 0 amide bonds. The monoisotopic (exact) mass is 454 g/mol.